The van der Waals surface area contributed by atoms with Crippen molar-refractivity contribution >= 4 is 22.6 Å². The smallest absolute Gasteiger partial charge is 0.350 e. The van der Waals surface area contributed by atoms with Crippen LogP contribution in [0.25, 0.3) is 22.0 Å². The number of rotatable bonds is 7. The molecule has 5 atom stereocenters. The Kier molecular flexibility index (Phi) is 7.79. The molecule has 0 N–H and O–H groups in total. The number of amides is 1. The van der Waals surface area contributed by atoms with E-state index in [0.29, 0.717) is 42.3 Å². The van der Waals surface area contributed by atoms with Crippen LogP contribution in [-0.4, -0.2) is 76.2 Å². The van der Waals surface area contributed by atoms with Crippen LogP contribution in [0.1, 0.15) is 57.6 Å². The van der Waals surface area contributed by atoms with Crippen molar-refractivity contribution in [1.29, 1.82) is 5.26 Å². The minimum Gasteiger partial charge on any atom is -0.489 e. The SMILES string of the molecule is C=CC(=O)N1C[C@H](C)N(c2nc(=O)n3c4c(c(-c5ccc(F)cc5F)c(C#N)cc24)OC[C@H]3CCCN2C[C@@H]3CC[C@@H]2C3)C[C@H]1C. The minimum absolute atomic E-state index is 0.0216. The molecule has 1 saturated carbocycles. The molecule has 9 nitrogen and oxygen atoms in total. The molecule has 4 aliphatic rings. The Morgan fingerprint density at radius 2 is 2.00 bits per heavy atom. The lowest BCUT2D eigenvalue weighted by molar-refractivity contribution is -0.128. The van der Waals surface area contributed by atoms with Crippen molar-refractivity contribution in [2.75, 3.05) is 37.7 Å². The normalized spacial score (nSPS) is 25.5. The average Bonchev–Trinajstić information content (AvgIpc) is 3.67. The lowest BCUT2D eigenvalue weighted by Gasteiger charge is -2.45. The number of benzene rings is 2. The third-order valence-electron chi connectivity index (χ3n) is 10.5. The largest absolute Gasteiger partial charge is 0.489 e. The lowest BCUT2D eigenvalue weighted by Crippen LogP contribution is -2.58. The van der Waals surface area contributed by atoms with Gasteiger partial charge < -0.3 is 19.4 Å². The van der Waals surface area contributed by atoms with Crippen LogP contribution >= 0.6 is 0 Å². The van der Waals surface area contributed by atoms with E-state index in [0.717, 1.165) is 37.6 Å². The van der Waals surface area contributed by atoms with Gasteiger partial charge in [0.2, 0.25) is 5.91 Å². The van der Waals surface area contributed by atoms with Crippen LogP contribution in [0.3, 0.4) is 0 Å². The molecule has 46 heavy (non-hydrogen) atoms. The quantitative estimate of drug-likeness (QED) is 0.339. The van der Waals surface area contributed by atoms with Crippen molar-refractivity contribution in [3.63, 3.8) is 0 Å². The Labute approximate surface area is 266 Å². The molecule has 1 aromatic heterocycles. The number of halogens is 2. The zero-order valence-corrected chi connectivity index (χ0v) is 26.2. The summed E-state index contributed by atoms with van der Waals surface area (Å²) in [5.41, 5.74) is 0.344. The number of aromatic nitrogens is 2. The third kappa shape index (κ3) is 5.03. The first-order valence-electron chi connectivity index (χ1n) is 16.2. The Hall–Kier alpha value is -4.30. The van der Waals surface area contributed by atoms with Crippen molar-refractivity contribution < 1.29 is 18.3 Å². The number of hydrogen-bond donors (Lipinski definition) is 0. The highest BCUT2D eigenvalue weighted by Crippen LogP contribution is 2.46. The van der Waals surface area contributed by atoms with Gasteiger partial charge in [0.25, 0.3) is 0 Å². The summed E-state index contributed by atoms with van der Waals surface area (Å²) < 4.78 is 37.3. The number of carbonyl (C=O) groups excluding carboxylic acids is 1. The molecule has 240 valence electrons. The molecule has 3 aliphatic heterocycles. The summed E-state index contributed by atoms with van der Waals surface area (Å²) in [6.07, 6.45) is 6.73. The summed E-state index contributed by atoms with van der Waals surface area (Å²) in [5, 5.41) is 10.9. The van der Waals surface area contributed by atoms with Crippen molar-refractivity contribution in [1.82, 2.24) is 19.4 Å². The summed E-state index contributed by atoms with van der Waals surface area (Å²) in [7, 11) is 0. The Morgan fingerprint density at radius 3 is 2.70 bits per heavy atom. The molecular formula is C35H38F2N6O3. The van der Waals surface area contributed by atoms with Gasteiger partial charge in [-0.05, 0) is 82.7 Å². The van der Waals surface area contributed by atoms with Crippen molar-refractivity contribution in [3.05, 3.63) is 64.6 Å². The average molecular weight is 629 g/mol. The molecule has 0 spiro atoms. The molecule has 4 heterocycles. The number of piperidine rings is 1. The Morgan fingerprint density at radius 1 is 1.17 bits per heavy atom. The fraction of sp³-hybridized carbons (Fsp3) is 0.486. The van der Waals surface area contributed by atoms with Crippen LogP contribution in [0.4, 0.5) is 14.6 Å². The summed E-state index contributed by atoms with van der Waals surface area (Å²) in [6, 6.07) is 7.01. The number of nitriles is 1. The fourth-order valence-electron chi connectivity index (χ4n) is 8.25. The monoisotopic (exact) mass is 628 g/mol. The maximum atomic E-state index is 15.3. The van der Waals surface area contributed by atoms with Gasteiger partial charge in [-0.2, -0.15) is 10.2 Å². The van der Waals surface area contributed by atoms with Crippen molar-refractivity contribution in [2.45, 2.75) is 70.1 Å². The van der Waals surface area contributed by atoms with E-state index in [1.54, 1.807) is 15.5 Å². The van der Waals surface area contributed by atoms with E-state index < -0.39 is 17.3 Å². The zero-order valence-electron chi connectivity index (χ0n) is 26.2. The van der Waals surface area contributed by atoms with E-state index >= 15 is 4.39 Å². The maximum Gasteiger partial charge on any atom is 0.350 e. The predicted octanol–water partition coefficient (Wildman–Crippen LogP) is 5.02. The molecule has 1 aliphatic carbocycles. The molecule has 2 aromatic carbocycles. The molecule has 1 amide bonds. The van der Waals surface area contributed by atoms with E-state index in [9.17, 15) is 19.2 Å². The molecular weight excluding hydrogens is 590 g/mol. The number of piperazine rings is 1. The molecule has 3 fully saturated rings. The summed E-state index contributed by atoms with van der Waals surface area (Å²) >= 11 is 0. The highest BCUT2D eigenvalue weighted by molar-refractivity contribution is 6.01. The van der Waals surface area contributed by atoms with Gasteiger partial charge >= 0.3 is 5.69 Å². The van der Waals surface area contributed by atoms with Gasteiger partial charge in [0, 0.05) is 60.3 Å². The molecule has 11 heteroatoms. The minimum atomic E-state index is -0.827. The number of hydrogen-bond acceptors (Lipinski definition) is 7. The first-order valence-corrected chi connectivity index (χ1v) is 16.2. The molecule has 0 unspecified atom stereocenters. The Bertz CT molecular complexity index is 1840. The van der Waals surface area contributed by atoms with Crippen LogP contribution in [0, 0.1) is 28.9 Å². The maximum absolute atomic E-state index is 15.3. The van der Waals surface area contributed by atoms with Crippen LogP contribution in [0.2, 0.25) is 0 Å². The molecule has 2 saturated heterocycles. The molecule has 0 radical (unpaired) electrons. The number of fused-ring (bicyclic) bond motifs is 2. The second-order valence-corrected chi connectivity index (χ2v) is 13.3. The number of likely N-dealkylation sites (tertiary alicyclic amines) is 1. The van der Waals surface area contributed by atoms with Gasteiger partial charge in [0.05, 0.1) is 23.2 Å². The lowest BCUT2D eigenvalue weighted by atomic mass is 9.94. The van der Waals surface area contributed by atoms with Gasteiger partial charge in [0.15, 0.2) is 5.75 Å². The van der Waals surface area contributed by atoms with E-state index in [4.69, 9.17) is 4.74 Å². The fourth-order valence-corrected chi connectivity index (χ4v) is 8.25. The highest BCUT2D eigenvalue weighted by atomic mass is 19.1. The first kappa shape index (κ1) is 30.4. The molecule has 2 bridgehead atoms. The standard InChI is InChI=1S/C35H38F2N6O3/c1-4-30(44)41-16-21(3)42(17-20(41)2)34-28-13-23(15-38)31(27-10-8-24(36)14-29(27)37)33-32(28)43(35(45)39-34)26(19-46-33)6-5-11-40-18-22-7-9-25(40)12-22/h4,8,10,13-14,20-22,25-26H,1,5-7,9,11-12,16-19H2,2-3H3/t20-,21+,22-,25-,26-/m1/s1. The van der Waals surface area contributed by atoms with Crippen molar-refractivity contribution in [2.24, 2.45) is 5.92 Å². The predicted molar refractivity (Wildman–Crippen MR) is 171 cm³/mol. The van der Waals surface area contributed by atoms with Crippen LogP contribution < -0.4 is 15.3 Å². The van der Waals surface area contributed by atoms with Gasteiger partial charge in [-0.1, -0.05) is 6.58 Å². The number of nitrogens with zero attached hydrogens (tertiary/aromatic N) is 6. The van der Waals surface area contributed by atoms with E-state index in [1.807, 2.05) is 18.7 Å². The highest BCUT2D eigenvalue weighted by Gasteiger charge is 2.39. The van der Waals surface area contributed by atoms with Gasteiger partial charge in [-0.25, -0.2) is 13.6 Å². The molecule has 3 aromatic rings. The Balaban J connectivity index is 1.34. The van der Waals surface area contributed by atoms with E-state index in [2.05, 4.69) is 22.5 Å². The van der Waals surface area contributed by atoms with E-state index in [-0.39, 0.29) is 53.1 Å². The van der Waals surface area contributed by atoms with Crippen molar-refractivity contribution in [3.8, 4) is 22.9 Å². The number of carbonyl (C=O) groups is 1. The number of ether oxygens (including phenoxy) is 1. The second-order valence-electron chi connectivity index (χ2n) is 13.3. The summed E-state index contributed by atoms with van der Waals surface area (Å²) in [5.74, 6) is -0.319. The van der Waals surface area contributed by atoms with Gasteiger partial charge in [-0.15, -0.1) is 0 Å². The third-order valence-corrected chi connectivity index (χ3v) is 10.5. The zero-order chi connectivity index (χ0) is 32.3. The second kappa shape index (κ2) is 11.8. The summed E-state index contributed by atoms with van der Waals surface area (Å²) in [6.45, 7) is 10.6. The molecule has 7 rings (SSSR count). The first-order chi connectivity index (χ1) is 22.2. The van der Waals surface area contributed by atoms with Gasteiger partial charge in [0.1, 0.15) is 24.1 Å². The number of anilines is 1. The van der Waals surface area contributed by atoms with E-state index in [1.165, 1.54) is 31.4 Å². The van der Waals surface area contributed by atoms with Crippen LogP contribution in [0.15, 0.2) is 41.7 Å². The topological polar surface area (TPSA) is 94.7 Å². The summed E-state index contributed by atoms with van der Waals surface area (Å²) in [4.78, 5) is 37.5. The van der Waals surface area contributed by atoms with Gasteiger partial charge in [-0.3, -0.25) is 9.36 Å². The van der Waals surface area contributed by atoms with Crippen LogP contribution in [0.5, 0.6) is 5.75 Å². The van der Waals surface area contributed by atoms with Crippen LogP contribution in [-0.2, 0) is 4.79 Å².